The highest BCUT2D eigenvalue weighted by atomic mass is 35.5. The van der Waals surface area contributed by atoms with Gasteiger partial charge in [0.1, 0.15) is 11.0 Å². The van der Waals surface area contributed by atoms with Crippen LogP contribution in [0.15, 0.2) is 72.8 Å². The fourth-order valence-electron chi connectivity index (χ4n) is 3.50. The van der Waals surface area contributed by atoms with Gasteiger partial charge < -0.3 is 10.6 Å². The molecule has 0 radical (unpaired) electrons. The maximum Gasteiger partial charge on any atom is 0.319 e. The summed E-state index contributed by atoms with van der Waals surface area (Å²) in [7, 11) is 0. The van der Waals surface area contributed by atoms with Crippen LogP contribution >= 0.6 is 22.9 Å². The zero-order chi connectivity index (χ0) is 24.8. The second-order valence-electron chi connectivity index (χ2n) is 8.07. The van der Waals surface area contributed by atoms with Crippen LogP contribution in [-0.4, -0.2) is 28.2 Å². The summed E-state index contributed by atoms with van der Waals surface area (Å²) in [6.07, 6.45) is 0.315. The van der Waals surface area contributed by atoms with Crippen molar-refractivity contribution in [2.24, 2.45) is 0 Å². The molecule has 4 rings (SSSR count). The highest BCUT2D eigenvalue weighted by Gasteiger charge is 2.23. The largest absolute Gasteiger partial charge is 0.326 e. The predicted octanol–water partition coefficient (Wildman–Crippen LogP) is 5.85. The lowest BCUT2D eigenvalue weighted by molar-refractivity contribution is -0.117. The van der Waals surface area contributed by atoms with Crippen LogP contribution in [0.1, 0.15) is 16.7 Å². The number of anilines is 2. The number of rotatable bonds is 7. The molecule has 178 valence electrons. The van der Waals surface area contributed by atoms with Gasteiger partial charge in [0.25, 0.3) is 0 Å². The van der Waals surface area contributed by atoms with Crippen molar-refractivity contribution in [1.29, 1.82) is 0 Å². The van der Waals surface area contributed by atoms with Crippen LogP contribution in [-0.2, 0) is 11.2 Å². The molecular weight excluding hydrogens is 482 g/mol. The fraction of sp³-hybridized carbons (Fsp3) is 0.154. The summed E-state index contributed by atoms with van der Waals surface area (Å²) < 4.78 is 0. The van der Waals surface area contributed by atoms with Gasteiger partial charge in [-0.05, 0) is 43.2 Å². The molecule has 0 saturated heterocycles. The van der Waals surface area contributed by atoms with Gasteiger partial charge in [-0.25, -0.2) is 4.79 Å². The summed E-state index contributed by atoms with van der Waals surface area (Å²) in [5.41, 5.74) is 4.49. The number of carbonyl (C=O) groups excluding carboxylic acids is 2. The monoisotopic (exact) mass is 505 g/mol. The number of hydrogen-bond donors (Lipinski definition) is 3. The van der Waals surface area contributed by atoms with Crippen LogP contribution < -0.4 is 16.0 Å². The average Bonchev–Trinajstić information content (AvgIpc) is 3.30. The molecule has 3 N–H and O–H groups in total. The van der Waals surface area contributed by atoms with Crippen LogP contribution in [0.3, 0.4) is 0 Å². The van der Waals surface area contributed by atoms with E-state index >= 15 is 0 Å². The van der Waals surface area contributed by atoms with E-state index in [1.807, 2.05) is 74.5 Å². The van der Waals surface area contributed by atoms with E-state index in [4.69, 9.17) is 11.6 Å². The number of aromatic nitrogens is 2. The molecule has 9 heteroatoms. The Morgan fingerprint density at radius 3 is 2.40 bits per heavy atom. The van der Waals surface area contributed by atoms with E-state index < -0.39 is 12.1 Å². The molecular formula is C26H24ClN5O2S. The minimum absolute atomic E-state index is 0.315. The zero-order valence-corrected chi connectivity index (χ0v) is 20.8. The van der Waals surface area contributed by atoms with Crippen LogP contribution in [0, 0.1) is 13.8 Å². The van der Waals surface area contributed by atoms with E-state index in [0.717, 1.165) is 22.3 Å². The highest BCUT2D eigenvalue weighted by molar-refractivity contribution is 7.18. The molecule has 0 aliphatic carbocycles. The average molecular weight is 506 g/mol. The van der Waals surface area contributed by atoms with Gasteiger partial charge in [-0.3, -0.25) is 10.1 Å². The summed E-state index contributed by atoms with van der Waals surface area (Å²) >= 11 is 7.20. The molecule has 0 saturated carbocycles. The molecule has 3 amide bonds. The second kappa shape index (κ2) is 11.1. The lowest BCUT2D eigenvalue weighted by Gasteiger charge is -2.19. The van der Waals surface area contributed by atoms with Crippen LogP contribution in [0.2, 0.25) is 5.02 Å². The lowest BCUT2D eigenvalue weighted by Crippen LogP contribution is -2.47. The number of urea groups is 1. The Kier molecular flexibility index (Phi) is 7.74. The van der Waals surface area contributed by atoms with E-state index in [1.165, 1.54) is 11.3 Å². The molecule has 0 aliphatic heterocycles. The summed E-state index contributed by atoms with van der Waals surface area (Å²) in [5.74, 6) is -0.386. The van der Waals surface area contributed by atoms with Gasteiger partial charge in [-0.1, -0.05) is 83.1 Å². The molecule has 4 aromatic rings. The fourth-order valence-corrected chi connectivity index (χ4v) is 4.38. The van der Waals surface area contributed by atoms with Crippen molar-refractivity contribution < 1.29 is 9.59 Å². The third-order valence-corrected chi connectivity index (χ3v) is 6.42. The lowest BCUT2D eigenvalue weighted by atomic mass is 10.1. The van der Waals surface area contributed by atoms with E-state index in [0.29, 0.717) is 27.3 Å². The molecule has 35 heavy (non-hydrogen) atoms. The quantitative estimate of drug-likeness (QED) is 0.293. The molecule has 0 aliphatic rings. The van der Waals surface area contributed by atoms with Gasteiger partial charge in [-0.15, -0.1) is 10.2 Å². The Balaban J connectivity index is 1.48. The highest BCUT2D eigenvalue weighted by Crippen LogP contribution is 2.27. The first kappa shape index (κ1) is 24.4. The normalized spacial score (nSPS) is 11.5. The molecule has 0 fully saturated rings. The maximum absolute atomic E-state index is 13.2. The van der Waals surface area contributed by atoms with Crippen molar-refractivity contribution in [2.45, 2.75) is 26.3 Å². The second-order valence-corrected chi connectivity index (χ2v) is 9.48. The number of amides is 3. The Hall–Kier alpha value is -3.75. The van der Waals surface area contributed by atoms with Crippen molar-refractivity contribution in [1.82, 2.24) is 15.5 Å². The molecule has 1 aromatic heterocycles. The van der Waals surface area contributed by atoms with E-state index in [1.54, 1.807) is 12.1 Å². The van der Waals surface area contributed by atoms with Gasteiger partial charge in [0.05, 0.1) is 0 Å². The molecule has 0 spiro atoms. The van der Waals surface area contributed by atoms with E-state index in [2.05, 4.69) is 26.1 Å². The first-order chi connectivity index (χ1) is 16.9. The molecule has 0 bridgehead atoms. The molecule has 7 nitrogen and oxygen atoms in total. The summed E-state index contributed by atoms with van der Waals surface area (Å²) in [4.78, 5) is 26.0. The molecule has 1 unspecified atom stereocenters. The van der Waals surface area contributed by atoms with Gasteiger partial charge >= 0.3 is 6.03 Å². The van der Waals surface area contributed by atoms with Crippen molar-refractivity contribution >= 4 is 45.7 Å². The maximum atomic E-state index is 13.2. The number of benzene rings is 3. The number of nitrogens with one attached hydrogen (secondary N) is 3. The first-order valence-electron chi connectivity index (χ1n) is 11.0. The van der Waals surface area contributed by atoms with Crippen molar-refractivity contribution in [3.05, 3.63) is 94.5 Å². The smallest absolute Gasteiger partial charge is 0.319 e. The van der Waals surface area contributed by atoms with Gasteiger partial charge in [0, 0.05) is 22.7 Å². The summed E-state index contributed by atoms with van der Waals surface area (Å²) in [6.45, 7) is 3.91. The summed E-state index contributed by atoms with van der Waals surface area (Å²) in [6, 6.07) is 21.2. The topological polar surface area (TPSA) is 96.0 Å². The van der Waals surface area contributed by atoms with Crippen molar-refractivity contribution in [3.8, 4) is 10.6 Å². The minimum Gasteiger partial charge on any atom is -0.326 e. The van der Waals surface area contributed by atoms with Crippen molar-refractivity contribution in [3.63, 3.8) is 0 Å². The minimum atomic E-state index is -0.828. The third-order valence-electron chi connectivity index (χ3n) is 5.28. The Bertz CT molecular complexity index is 1330. The van der Waals surface area contributed by atoms with E-state index in [-0.39, 0.29) is 5.91 Å². The molecule has 1 heterocycles. The zero-order valence-electron chi connectivity index (χ0n) is 19.2. The number of halogens is 1. The molecule has 1 atom stereocenters. The van der Waals surface area contributed by atoms with E-state index in [9.17, 15) is 9.59 Å². The third kappa shape index (κ3) is 6.65. The molecule has 3 aromatic carbocycles. The van der Waals surface area contributed by atoms with Crippen molar-refractivity contribution in [2.75, 3.05) is 10.6 Å². The first-order valence-corrected chi connectivity index (χ1v) is 12.2. The van der Waals surface area contributed by atoms with Gasteiger partial charge in [0.2, 0.25) is 11.0 Å². The van der Waals surface area contributed by atoms with Crippen LogP contribution in [0.4, 0.5) is 15.6 Å². The van der Waals surface area contributed by atoms with Crippen LogP contribution in [0.5, 0.6) is 0 Å². The Labute approximate surface area is 212 Å². The van der Waals surface area contributed by atoms with Gasteiger partial charge in [0.15, 0.2) is 0 Å². The summed E-state index contributed by atoms with van der Waals surface area (Å²) in [5, 5.41) is 18.3. The van der Waals surface area contributed by atoms with Gasteiger partial charge in [-0.2, -0.15) is 0 Å². The predicted molar refractivity (Wildman–Crippen MR) is 141 cm³/mol. The SMILES string of the molecule is Cc1ccc(NC(=O)NC(Cc2ccccc2)C(=O)Nc2nnc(-c3ccc(Cl)cc3)s2)c(C)c1. The van der Waals surface area contributed by atoms with Crippen LogP contribution in [0.25, 0.3) is 10.6 Å². The number of carbonyl (C=O) groups is 2. The Morgan fingerprint density at radius 2 is 1.69 bits per heavy atom. The Morgan fingerprint density at radius 1 is 0.943 bits per heavy atom. The number of aryl methyl sites for hydroxylation is 2. The number of hydrogen-bond acceptors (Lipinski definition) is 5. The number of nitrogens with zero attached hydrogens (tertiary/aromatic N) is 2. The standard InChI is InChI=1S/C26H24ClN5O2S/c1-16-8-13-21(17(2)14-16)28-25(34)29-22(15-18-6-4-3-5-7-18)23(33)30-26-32-31-24(35-26)19-9-11-20(27)12-10-19/h3-14,22H,15H2,1-2H3,(H2,28,29,34)(H,30,32,33).